The number of pyridine rings is 4. The molecule has 72 heavy (non-hydrogen) atoms. The molecule has 0 unspecified atom stereocenters. The molecule has 6 aromatic rings. The van der Waals surface area contributed by atoms with Crippen molar-refractivity contribution in [3.8, 4) is 46.8 Å². The number of aliphatic carboxylic acids is 1. The third-order valence-electron chi connectivity index (χ3n) is 12.4. The van der Waals surface area contributed by atoms with Crippen LogP contribution in [-0.4, -0.2) is 65.8 Å². The van der Waals surface area contributed by atoms with Gasteiger partial charge in [-0.1, -0.05) is 36.4 Å². The van der Waals surface area contributed by atoms with Crippen molar-refractivity contribution < 1.29 is 43.9 Å². The van der Waals surface area contributed by atoms with Crippen LogP contribution in [0.1, 0.15) is 113 Å². The van der Waals surface area contributed by atoms with Gasteiger partial charge in [0.2, 0.25) is 23.5 Å². The standard InChI is InChI=1S/C54H51Br2N7O9/c1-31(64)15-39(66)28-61-27-37-19-47(56)54(63-52(37)70-30-35-17-33(22-58)24-60-26-35)72-49-14-12-43-41(8-4-10-45(43)49)40-7-3-9-44-42(40)11-13-48(44)71-53-46(55)18-36(5-2-6-38(65)20-50(67)68)51(62-53)69-29-34-16-32(21-57)23-59-25-34/h3-4,7-10,16-19,23-26,38-39,48-49,61,65-66H,2,5-6,11-15,20,27-30H2,1H3,(H,67,68)/t38-,39+,48+,49+/m1/s1. The molecule has 0 radical (unpaired) electrons. The number of hydrogen-bond donors (Lipinski definition) is 4. The summed E-state index contributed by atoms with van der Waals surface area (Å²) in [7, 11) is 0. The fourth-order valence-electron chi connectivity index (χ4n) is 9.13. The number of rotatable bonds is 23. The van der Waals surface area contributed by atoms with Crippen molar-refractivity contribution in [3.63, 3.8) is 0 Å². The van der Waals surface area contributed by atoms with Crippen molar-refractivity contribution >= 4 is 43.6 Å². The zero-order valence-corrected chi connectivity index (χ0v) is 42.5. The van der Waals surface area contributed by atoms with E-state index in [9.17, 15) is 30.3 Å². The second-order valence-corrected chi connectivity index (χ2v) is 19.5. The first-order valence-electron chi connectivity index (χ1n) is 23.5. The van der Waals surface area contributed by atoms with E-state index in [0.717, 1.165) is 40.7 Å². The minimum absolute atomic E-state index is 0.0425. The van der Waals surface area contributed by atoms with Crippen LogP contribution >= 0.6 is 31.9 Å². The zero-order valence-electron chi connectivity index (χ0n) is 39.3. The van der Waals surface area contributed by atoms with Gasteiger partial charge in [-0.15, -0.1) is 0 Å². The average molecular weight is 1100 g/mol. The third kappa shape index (κ3) is 13.0. The Morgan fingerprint density at radius 2 is 1.26 bits per heavy atom. The Kier molecular flexibility index (Phi) is 17.2. The largest absolute Gasteiger partial charge is 0.481 e. The predicted molar refractivity (Wildman–Crippen MR) is 270 cm³/mol. The number of benzene rings is 2. The fraction of sp³-hybridized carbons (Fsp3) is 0.333. The maximum atomic E-state index is 11.6. The quantitative estimate of drug-likeness (QED) is 0.0467. The summed E-state index contributed by atoms with van der Waals surface area (Å²) in [4.78, 5) is 40.7. The number of nitriles is 2. The number of carboxylic acids is 1. The Bertz CT molecular complexity index is 2850. The van der Waals surface area contributed by atoms with Gasteiger partial charge in [0, 0.05) is 66.6 Å². The number of nitrogens with zero attached hydrogens (tertiary/aromatic N) is 6. The molecule has 2 aliphatic carbocycles. The van der Waals surface area contributed by atoms with Crippen molar-refractivity contribution in [2.24, 2.45) is 0 Å². The molecule has 16 nitrogen and oxygen atoms in total. The molecule has 0 bridgehead atoms. The molecular weight excluding hydrogens is 1050 g/mol. The lowest BCUT2D eigenvalue weighted by molar-refractivity contribution is -0.139. The molecule has 0 aliphatic heterocycles. The Hall–Kier alpha value is -6.80. The van der Waals surface area contributed by atoms with Gasteiger partial charge in [0.1, 0.15) is 43.3 Å². The molecule has 0 spiro atoms. The summed E-state index contributed by atoms with van der Waals surface area (Å²) in [5.41, 5.74) is 10.4. The van der Waals surface area contributed by atoms with E-state index in [4.69, 9.17) is 34.0 Å². The van der Waals surface area contributed by atoms with E-state index in [1.807, 2.05) is 12.1 Å². The molecule has 8 rings (SSSR count). The first-order valence-corrected chi connectivity index (χ1v) is 25.1. The van der Waals surface area contributed by atoms with E-state index in [0.29, 0.717) is 86.0 Å². The van der Waals surface area contributed by atoms with Crippen LogP contribution in [-0.2, 0) is 48.6 Å². The van der Waals surface area contributed by atoms with Crippen LogP contribution in [0.15, 0.2) is 94.4 Å². The summed E-state index contributed by atoms with van der Waals surface area (Å²) in [6.45, 7) is 2.11. The van der Waals surface area contributed by atoms with Crippen molar-refractivity contribution in [2.75, 3.05) is 6.54 Å². The van der Waals surface area contributed by atoms with Crippen molar-refractivity contribution in [1.82, 2.24) is 25.3 Å². The number of aliphatic hydroxyl groups is 2. The Labute approximate surface area is 433 Å². The minimum Gasteiger partial charge on any atom is -0.481 e. The number of Topliss-reactive ketones (excluding diaryl/α,β-unsaturated/α-hetero) is 1. The van der Waals surface area contributed by atoms with Gasteiger partial charge >= 0.3 is 5.97 Å². The van der Waals surface area contributed by atoms with Gasteiger partial charge in [-0.05, 0) is 141 Å². The lowest BCUT2D eigenvalue weighted by Crippen LogP contribution is -2.28. The summed E-state index contributed by atoms with van der Waals surface area (Å²) in [5, 5.41) is 51.7. The van der Waals surface area contributed by atoms with E-state index < -0.39 is 18.2 Å². The molecule has 2 aliphatic rings. The fourth-order valence-corrected chi connectivity index (χ4v) is 10.0. The molecule has 2 aromatic carbocycles. The van der Waals surface area contributed by atoms with Gasteiger partial charge in [0.05, 0.1) is 38.7 Å². The van der Waals surface area contributed by atoms with E-state index >= 15 is 0 Å². The molecule has 4 atom stereocenters. The lowest BCUT2D eigenvalue weighted by atomic mass is 9.91. The first kappa shape index (κ1) is 51.6. The Morgan fingerprint density at radius 3 is 1.78 bits per heavy atom. The first-order chi connectivity index (χ1) is 34.8. The summed E-state index contributed by atoms with van der Waals surface area (Å²) in [6.07, 6.45) is 7.68. The van der Waals surface area contributed by atoms with E-state index in [1.165, 1.54) is 30.4 Å². The monoisotopic (exact) mass is 1100 g/mol. The molecule has 4 N–H and O–H groups in total. The third-order valence-corrected chi connectivity index (χ3v) is 13.5. The number of hydrogen-bond acceptors (Lipinski definition) is 15. The van der Waals surface area contributed by atoms with Gasteiger partial charge in [-0.3, -0.25) is 19.6 Å². The molecule has 0 saturated heterocycles. The second-order valence-electron chi connectivity index (χ2n) is 17.8. The molecule has 18 heteroatoms. The highest BCUT2D eigenvalue weighted by molar-refractivity contribution is 9.10. The zero-order chi connectivity index (χ0) is 50.7. The maximum Gasteiger partial charge on any atom is 0.305 e. The molecule has 0 saturated carbocycles. The number of halogens is 2. The maximum absolute atomic E-state index is 11.6. The van der Waals surface area contributed by atoms with Crippen molar-refractivity contribution in [3.05, 3.63) is 150 Å². The van der Waals surface area contributed by atoms with Crippen LogP contribution in [0.3, 0.4) is 0 Å². The number of ketones is 1. The van der Waals surface area contributed by atoms with Gasteiger partial charge in [-0.2, -0.15) is 20.5 Å². The summed E-state index contributed by atoms with van der Waals surface area (Å²) < 4.78 is 27.2. The van der Waals surface area contributed by atoms with Crippen LogP contribution in [0.4, 0.5) is 0 Å². The number of aromatic nitrogens is 4. The van der Waals surface area contributed by atoms with E-state index in [1.54, 1.807) is 24.5 Å². The Balaban J connectivity index is 1.01. The van der Waals surface area contributed by atoms with Crippen LogP contribution in [0.25, 0.3) is 11.1 Å². The normalized spacial score (nSPS) is 15.4. The summed E-state index contributed by atoms with van der Waals surface area (Å²) in [6, 6.07) is 24.0. The Morgan fingerprint density at radius 1 is 0.736 bits per heavy atom. The molecule has 4 heterocycles. The van der Waals surface area contributed by atoms with E-state index in [2.05, 4.69) is 95.7 Å². The number of fused-ring (bicyclic) bond motifs is 2. The SMILES string of the molecule is CC(=O)C[C@H](O)CNCc1cc(Br)c(O[C@H]2CCc3c(-c4cccc5c4CC[C@@H]5Oc4nc(OCc5cncc(C#N)c5)c(CCC[C@@H](O)CC(=O)O)cc4Br)cccc32)nc1OCc1cncc(C#N)c1. The van der Waals surface area contributed by atoms with Crippen LogP contribution in [0.5, 0.6) is 23.5 Å². The number of aryl methyl sites for hydroxylation is 1. The minimum atomic E-state index is -1.06. The van der Waals surface area contributed by atoms with Crippen molar-refractivity contribution in [1.29, 1.82) is 10.5 Å². The van der Waals surface area contributed by atoms with Crippen LogP contribution in [0, 0.1) is 22.7 Å². The van der Waals surface area contributed by atoms with Gasteiger partial charge in [-0.25, -0.2) is 0 Å². The number of carbonyl (C=O) groups excluding carboxylic acids is 1. The van der Waals surface area contributed by atoms with Crippen LogP contribution in [0.2, 0.25) is 0 Å². The van der Waals surface area contributed by atoms with Crippen molar-refractivity contribution in [2.45, 2.75) is 109 Å². The number of nitrogens with one attached hydrogen (secondary N) is 1. The second kappa shape index (κ2) is 24.1. The number of aliphatic hydroxyl groups excluding tert-OH is 2. The number of ether oxygens (including phenoxy) is 4. The predicted octanol–water partition coefficient (Wildman–Crippen LogP) is 9.08. The number of carboxylic acid groups (broad SMARTS) is 1. The van der Waals surface area contributed by atoms with Gasteiger partial charge in [0.25, 0.3) is 0 Å². The topological polar surface area (TPSA) is 243 Å². The molecule has 4 aromatic heterocycles. The number of carbonyl (C=O) groups is 2. The van der Waals surface area contributed by atoms with E-state index in [-0.39, 0.29) is 63.6 Å². The average Bonchev–Trinajstić information content (AvgIpc) is 3.98. The molecular formula is C54H51Br2N7O9. The molecule has 0 amide bonds. The van der Waals surface area contributed by atoms with Crippen LogP contribution < -0.4 is 24.3 Å². The molecule has 370 valence electrons. The smallest absolute Gasteiger partial charge is 0.305 e. The van der Waals surface area contributed by atoms with Gasteiger partial charge < -0.3 is 39.6 Å². The highest BCUT2D eigenvalue weighted by Gasteiger charge is 2.32. The summed E-state index contributed by atoms with van der Waals surface area (Å²) >= 11 is 7.38. The summed E-state index contributed by atoms with van der Waals surface area (Å²) in [5.74, 6) is 0.156. The highest BCUT2D eigenvalue weighted by atomic mass is 79.9. The molecule has 0 fully saturated rings. The highest BCUT2D eigenvalue weighted by Crippen LogP contribution is 2.46. The van der Waals surface area contributed by atoms with Gasteiger partial charge in [0.15, 0.2) is 0 Å². The lowest BCUT2D eigenvalue weighted by Gasteiger charge is -2.20.